The lowest BCUT2D eigenvalue weighted by Gasteiger charge is -2.18. The molecule has 29 heavy (non-hydrogen) atoms. The van der Waals surface area contributed by atoms with Crippen molar-refractivity contribution in [2.75, 3.05) is 6.54 Å². The highest BCUT2D eigenvalue weighted by Crippen LogP contribution is 2.25. The van der Waals surface area contributed by atoms with E-state index in [1.807, 2.05) is 49.4 Å². The molecule has 1 amide bonds. The molecule has 2 atom stereocenters. The van der Waals surface area contributed by atoms with Crippen LogP contribution < -0.4 is 5.32 Å². The number of rotatable bonds is 7. The largest absolute Gasteiger partial charge is 0.355 e. The van der Waals surface area contributed by atoms with Crippen molar-refractivity contribution in [1.29, 1.82) is 0 Å². The van der Waals surface area contributed by atoms with Gasteiger partial charge >= 0.3 is 0 Å². The SMILES string of the molecule is CC[C@@H](CNC(=O)[C@H](C)Sc1nnc2c(n1)[nH]c1ccccc12)c1ccccc1. The van der Waals surface area contributed by atoms with Crippen molar-refractivity contribution < 1.29 is 4.79 Å². The third-order valence-corrected chi connectivity index (χ3v) is 5.99. The molecule has 0 saturated heterocycles. The van der Waals surface area contributed by atoms with Gasteiger partial charge in [-0.05, 0) is 25.0 Å². The van der Waals surface area contributed by atoms with E-state index in [0.29, 0.717) is 23.3 Å². The van der Waals surface area contributed by atoms with E-state index in [1.165, 1.54) is 17.3 Å². The number of nitrogens with zero attached hydrogens (tertiary/aromatic N) is 3. The number of para-hydroxylation sites is 1. The number of aromatic amines is 1. The van der Waals surface area contributed by atoms with Crippen LogP contribution in [0.3, 0.4) is 0 Å². The van der Waals surface area contributed by atoms with Crippen molar-refractivity contribution in [3.63, 3.8) is 0 Å². The number of thioether (sulfide) groups is 1. The summed E-state index contributed by atoms with van der Waals surface area (Å²) in [5.41, 5.74) is 3.65. The fourth-order valence-electron chi connectivity index (χ4n) is 3.36. The van der Waals surface area contributed by atoms with Gasteiger partial charge in [0.05, 0.1) is 5.25 Å². The summed E-state index contributed by atoms with van der Waals surface area (Å²) in [7, 11) is 0. The van der Waals surface area contributed by atoms with Gasteiger partial charge in [0, 0.05) is 23.4 Å². The molecule has 0 saturated carbocycles. The van der Waals surface area contributed by atoms with E-state index < -0.39 is 0 Å². The minimum Gasteiger partial charge on any atom is -0.355 e. The van der Waals surface area contributed by atoms with Crippen LogP contribution in [-0.4, -0.2) is 37.9 Å². The molecule has 2 heterocycles. The minimum atomic E-state index is -0.313. The molecule has 0 spiro atoms. The van der Waals surface area contributed by atoms with Crippen LogP contribution in [-0.2, 0) is 4.79 Å². The van der Waals surface area contributed by atoms with Crippen LogP contribution in [0.2, 0.25) is 0 Å². The van der Waals surface area contributed by atoms with Gasteiger partial charge in [0.25, 0.3) is 0 Å². The van der Waals surface area contributed by atoms with E-state index in [-0.39, 0.29) is 11.2 Å². The molecule has 4 rings (SSSR count). The Bertz CT molecular complexity index is 1130. The summed E-state index contributed by atoms with van der Waals surface area (Å²) in [5.74, 6) is 0.280. The Morgan fingerprint density at radius 1 is 1.10 bits per heavy atom. The number of hydrogen-bond acceptors (Lipinski definition) is 5. The summed E-state index contributed by atoms with van der Waals surface area (Å²) >= 11 is 1.31. The van der Waals surface area contributed by atoms with Crippen molar-refractivity contribution in [2.45, 2.75) is 36.6 Å². The number of nitrogens with one attached hydrogen (secondary N) is 2. The number of carbonyl (C=O) groups excluding carboxylic acids is 1. The molecule has 0 aliphatic carbocycles. The molecule has 2 N–H and O–H groups in total. The number of hydrogen-bond donors (Lipinski definition) is 2. The summed E-state index contributed by atoms with van der Waals surface area (Å²) < 4.78 is 0. The number of amides is 1. The van der Waals surface area contributed by atoms with Crippen LogP contribution >= 0.6 is 11.8 Å². The first kappa shape index (κ1) is 19.4. The molecule has 0 unspecified atom stereocenters. The van der Waals surface area contributed by atoms with Crippen molar-refractivity contribution in [3.8, 4) is 0 Å². The normalized spacial score (nSPS) is 13.4. The second kappa shape index (κ2) is 8.61. The summed E-state index contributed by atoms with van der Waals surface area (Å²) in [5, 5.41) is 12.8. The van der Waals surface area contributed by atoms with Crippen molar-refractivity contribution in [3.05, 3.63) is 60.2 Å². The second-order valence-corrected chi connectivity index (χ2v) is 8.29. The number of aromatic nitrogens is 4. The minimum absolute atomic E-state index is 0.0234. The Balaban J connectivity index is 1.41. The predicted octanol–water partition coefficient (Wildman–Crippen LogP) is 4.30. The van der Waals surface area contributed by atoms with Gasteiger partial charge in [-0.15, -0.1) is 10.2 Å². The van der Waals surface area contributed by atoms with Crippen LogP contribution in [0.5, 0.6) is 0 Å². The summed E-state index contributed by atoms with van der Waals surface area (Å²) in [6, 6.07) is 18.2. The molecule has 2 aromatic heterocycles. The fraction of sp³-hybridized carbons (Fsp3) is 0.273. The van der Waals surface area contributed by atoms with Crippen molar-refractivity contribution >= 4 is 39.7 Å². The monoisotopic (exact) mass is 405 g/mol. The smallest absolute Gasteiger partial charge is 0.233 e. The van der Waals surface area contributed by atoms with E-state index in [1.54, 1.807) is 0 Å². The van der Waals surface area contributed by atoms with Gasteiger partial charge in [0.2, 0.25) is 11.1 Å². The number of H-pyrrole nitrogens is 1. The van der Waals surface area contributed by atoms with Crippen LogP contribution in [0.4, 0.5) is 0 Å². The van der Waals surface area contributed by atoms with Crippen molar-refractivity contribution in [2.24, 2.45) is 0 Å². The highest BCUT2D eigenvalue weighted by molar-refractivity contribution is 8.00. The van der Waals surface area contributed by atoms with Gasteiger partial charge in [-0.2, -0.15) is 0 Å². The first-order valence-corrected chi connectivity index (χ1v) is 10.6. The van der Waals surface area contributed by atoms with Gasteiger partial charge in [-0.1, -0.05) is 67.2 Å². The van der Waals surface area contributed by atoms with Crippen molar-refractivity contribution in [1.82, 2.24) is 25.5 Å². The number of benzene rings is 2. The molecular weight excluding hydrogens is 382 g/mol. The van der Waals surface area contributed by atoms with Crippen LogP contribution in [0.1, 0.15) is 31.7 Å². The molecule has 4 aromatic rings. The molecule has 0 fully saturated rings. The molecule has 7 heteroatoms. The molecule has 0 radical (unpaired) electrons. The maximum Gasteiger partial charge on any atom is 0.233 e. The van der Waals surface area contributed by atoms with E-state index in [0.717, 1.165) is 22.8 Å². The van der Waals surface area contributed by atoms with E-state index in [9.17, 15) is 4.79 Å². The zero-order chi connectivity index (χ0) is 20.2. The van der Waals surface area contributed by atoms with E-state index in [2.05, 4.69) is 44.5 Å². The van der Waals surface area contributed by atoms with E-state index in [4.69, 9.17) is 0 Å². The molecule has 2 aromatic carbocycles. The zero-order valence-electron chi connectivity index (χ0n) is 16.4. The average molecular weight is 406 g/mol. The molecule has 0 bridgehead atoms. The topological polar surface area (TPSA) is 83.6 Å². The van der Waals surface area contributed by atoms with E-state index >= 15 is 0 Å². The summed E-state index contributed by atoms with van der Waals surface area (Å²) in [4.78, 5) is 20.4. The molecule has 0 aliphatic rings. The molecular formula is C22H23N5OS. The average Bonchev–Trinajstić information content (AvgIpc) is 3.12. The molecule has 148 valence electrons. The first-order valence-electron chi connectivity index (χ1n) is 9.76. The van der Waals surface area contributed by atoms with Gasteiger partial charge < -0.3 is 10.3 Å². The zero-order valence-corrected chi connectivity index (χ0v) is 17.2. The Hall–Kier alpha value is -2.93. The maximum absolute atomic E-state index is 12.6. The lowest BCUT2D eigenvalue weighted by molar-refractivity contribution is -0.120. The van der Waals surface area contributed by atoms with Crippen LogP contribution in [0.25, 0.3) is 22.1 Å². The molecule has 0 aliphatic heterocycles. The fourth-order valence-corrected chi connectivity index (χ4v) is 4.10. The standard InChI is InChI=1S/C22H23N5OS/c1-3-15(16-9-5-4-6-10-16)13-23-21(28)14(2)29-22-25-20-19(26-27-22)17-11-7-8-12-18(17)24-20/h4-12,14-15H,3,13H2,1-2H3,(H,23,28)(H,24,25,27)/t14-,15-/m0/s1. The highest BCUT2D eigenvalue weighted by Gasteiger charge is 2.19. The van der Waals surface area contributed by atoms with Crippen LogP contribution in [0.15, 0.2) is 59.8 Å². The number of fused-ring (bicyclic) bond motifs is 3. The van der Waals surface area contributed by atoms with Gasteiger partial charge in [-0.25, -0.2) is 4.98 Å². The highest BCUT2D eigenvalue weighted by atomic mass is 32.2. The Morgan fingerprint density at radius 3 is 2.66 bits per heavy atom. The third-order valence-electron chi connectivity index (χ3n) is 5.04. The summed E-state index contributed by atoms with van der Waals surface area (Å²) in [6.07, 6.45) is 0.968. The van der Waals surface area contributed by atoms with Crippen LogP contribution in [0, 0.1) is 0 Å². The number of carbonyl (C=O) groups is 1. The summed E-state index contributed by atoms with van der Waals surface area (Å²) in [6.45, 7) is 4.61. The second-order valence-electron chi connectivity index (χ2n) is 6.98. The molecule has 6 nitrogen and oxygen atoms in total. The van der Waals surface area contributed by atoms with Gasteiger partial charge in [0.1, 0.15) is 5.52 Å². The Kier molecular flexibility index (Phi) is 5.76. The van der Waals surface area contributed by atoms with Gasteiger partial charge in [0.15, 0.2) is 5.65 Å². The quantitative estimate of drug-likeness (QED) is 0.448. The third kappa shape index (κ3) is 4.24. The lowest BCUT2D eigenvalue weighted by Crippen LogP contribution is -2.34. The first-order chi connectivity index (χ1) is 14.2. The Morgan fingerprint density at radius 2 is 1.86 bits per heavy atom. The predicted molar refractivity (Wildman–Crippen MR) is 117 cm³/mol. The lowest BCUT2D eigenvalue weighted by atomic mass is 9.96. The van der Waals surface area contributed by atoms with Gasteiger partial charge in [-0.3, -0.25) is 4.79 Å². The maximum atomic E-state index is 12.6. The Labute approximate surface area is 173 Å².